The SMILES string of the molecule is C.C.C.CC.CC1(C)OB(B2OC(C)(C)C(C)(C)O2)OC1(C)C.CN(C)CCN.CN(C)CCN(C(=O)OC(C)(C)C)c1cc(F)cc(B2OC(C)(C)C(C)(C)O2)c1.CN(C)CCN(C(=O)OC(C)(C)C)c1cc(F)cc(Br)c1.CN(C)CCNc1cc(F)cc(Br)c1.Fc1cc(Br)cc(Br)c1. The summed E-state index contributed by atoms with van der Waals surface area (Å²) in [6.45, 7) is 44.3. The molecule has 4 aromatic rings. The second kappa shape index (κ2) is 44.8. The molecule has 2 amide bonds. The monoisotopic (exact) mass is 1700 g/mol. The number of halogens is 8. The Bertz CT molecular complexity index is 2960. The number of nitrogens with one attached hydrogen (secondary N) is 1. The van der Waals surface area contributed by atoms with Crippen molar-refractivity contribution in [3.63, 3.8) is 0 Å². The van der Waals surface area contributed by atoms with E-state index in [0.717, 1.165) is 45.3 Å². The summed E-state index contributed by atoms with van der Waals surface area (Å²) in [4.78, 5) is 36.1. The maximum absolute atomic E-state index is 14.5. The lowest BCUT2D eigenvalue weighted by molar-refractivity contribution is 0.00578. The molecule has 3 aliphatic rings. The number of anilines is 3. The number of likely N-dealkylation sites (N-methyl/N-ethyl adjacent to an activating group) is 4. The molecule has 0 aliphatic carbocycles. The minimum absolute atomic E-state index is 0. The van der Waals surface area contributed by atoms with Crippen molar-refractivity contribution >= 4 is 120 Å². The maximum atomic E-state index is 14.5. The number of ether oxygens (including phenoxy) is 2. The van der Waals surface area contributed by atoms with Crippen molar-refractivity contribution in [2.24, 2.45) is 5.73 Å². The van der Waals surface area contributed by atoms with Gasteiger partial charge in [-0.25, -0.2) is 27.2 Å². The van der Waals surface area contributed by atoms with Crippen LogP contribution >= 0.6 is 63.7 Å². The first-order chi connectivity index (χ1) is 45.1. The van der Waals surface area contributed by atoms with Gasteiger partial charge in [-0.2, -0.15) is 0 Å². The number of hydrogen-bond donors (Lipinski definition) is 2. The zero-order chi connectivity index (χ0) is 76.8. The summed E-state index contributed by atoms with van der Waals surface area (Å²) in [5.74, 6) is -1.34. The van der Waals surface area contributed by atoms with Crippen LogP contribution in [-0.4, -0.2) is 206 Å². The lowest BCUT2D eigenvalue weighted by Crippen LogP contribution is -2.42. The second-order valence-corrected chi connectivity index (χ2v) is 33.3. The molecule has 0 atom stereocenters. The fourth-order valence-electron chi connectivity index (χ4n) is 8.31. The summed E-state index contributed by atoms with van der Waals surface area (Å²) in [5, 5.41) is 3.15. The van der Waals surface area contributed by atoms with Gasteiger partial charge in [-0.3, -0.25) is 9.80 Å². The van der Waals surface area contributed by atoms with Crippen LogP contribution in [0.5, 0.6) is 0 Å². The van der Waals surface area contributed by atoms with Crippen molar-refractivity contribution in [1.82, 2.24) is 19.6 Å². The van der Waals surface area contributed by atoms with Gasteiger partial charge >= 0.3 is 33.3 Å². The molecule has 3 N–H and O–H groups in total. The lowest BCUT2D eigenvalue weighted by atomic mass is 9.49. The predicted octanol–water partition coefficient (Wildman–Crippen LogP) is 17.9. The van der Waals surface area contributed by atoms with Crippen LogP contribution in [-0.2, 0) is 37.4 Å². The zero-order valence-corrected chi connectivity index (χ0v) is 70.5. The number of rotatable bonds is 16. The highest BCUT2D eigenvalue weighted by Gasteiger charge is 2.64. The molecular weight excluding hydrogens is 1580 g/mol. The summed E-state index contributed by atoms with van der Waals surface area (Å²) in [7, 11) is 14.0. The van der Waals surface area contributed by atoms with E-state index < -0.39 is 67.4 Å². The summed E-state index contributed by atoms with van der Waals surface area (Å²) in [6.07, 6.45) is -1.01. The summed E-state index contributed by atoms with van der Waals surface area (Å²) in [6, 6.07) is 18.2. The van der Waals surface area contributed by atoms with Crippen LogP contribution in [0.4, 0.5) is 44.2 Å². The molecule has 0 aromatic heterocycles. The first kappa shape index (κ1) is 103. The van der Waals surface area contributed by atoms with E-state index in [1.807, 2.05) is 169 Å². The second-order valence-electron chi connectivity index (χ2n) is 29.6. The molecule has 0 unspecified atom stereocenters. The average Bonchev–Trinajstić information content (AvgIpc) is 1.60. The highest BCUT2D eigenvalue weighted by molar-refractivity contribution is 9.11. The molecule has 0 bridgehead atoms. The van der Waals surface area contributed by atoms with Gasteiger partial charge in [0.05, 0.1) is 39.3 Å². The average molecular weight is 1700 g/mol. The third kappa shape index (κ3) is 36.9. The Kier molecular flexibility index (Phi) is 45.1. The van der Waals surface area contributed by atoms with Crippen LogP contribution in [0.3, 0.4) is 0 Å². The molecule has 29 heteroatoms. The van der Waals surface area contributed by atoms with Crippen LogP contribution < -0.4 is 26.3 Å². The van der Waals surface area contributed by atoms with Crippen molar-refractivity contribution in [1.29, 1.82) is 0 Å². The number of hydrogen-bond acceptors (Lipinski definition) is 16. The third-order valence-corrected chi connectivity index (χ3v) is 17.4. The molecule has 3 saturated heterocycles. The Balaban J connectivity index is -0.00000120. The smallest absolute Gasteiger partial charge is 0.443 e. The topological polar surface area (TPSA) is 165 Å². The molecule has 7 rings (SSSR count). The van der Waals surface area contributed by atoms with E-state index in [2.05, 4.69) is 78.8 Å². The van der Waals surface area contributed by atoms with Gasteiger partial charge in [0.2, 0.25) is 0 Å². The fraction of sp³-hybridized carbons (Fsp3) is 0.644. The normalized spacial score (nSPS) is 16.2. The van der Waals surface area contributed by atoms with Gasteiger partial charge < -0.3 is 68.0 Å². The van der Waals surface area contributed by atoms with Crippen molar-refractivity contribution < 1.29 is 64.6 Å². The number of nitrogens with zero attached hydrogens (tertiary/aromatic N) is 6. The highest BCUT2D eigenvalue weighted by Crippen LogP contribution is 2.43. The van der Waals surface area contributed by atoms with Gasteiger partial charge in [0.25, 0.3) is 0 Å². The van der Waals surface area contributed by atoms with Crippen molar-refractivity contribution in [2.45, 2.75) is 206 Å². The Labute approximate surface area is 648 Å². The Morgan fingerprint density at radius 2 is 0.725 bits per heavy atom. The van der Waals surface area contributed by atoms with E-state index in [1.165, 1.54) is 58.3 Å². The molecule has 0 radical (unpaired) electrons. The van der Waals surface area contributed by atoms with Gasteiger partial charge in [-0.15, -0.1) is 0 Å². The quantitative estimate of drug-likeness (QED) is 0.0803. The Morgan fingerprint density at radius 1 is 0.431 bits per heavy atom. The molecule has 3 fully saturated rings. The minimum atomic E-state index is -0.719. The molecule has 3 aliphatic heterocycles. The van der Waals surface area contributed by atoms with E-state index in [4.69, 9.17) is 43.1 Å². The lowest BCUT2D eigenvalue weighted by Gasteiger charge is -2.32. The van der Waals surface area contributed by atoms with Gasteiger partial charge in [0.1, 0.15) is 34.5 Å². The van der Waals surface area contributed by atoms with Gasteiger partial charge in [-0.1, -0.05) is 99.8 Å². The Hall–Kier alpha value is -3.39. The van der Waals surface area contributed by atoms with Crippen LogP contribution in [0.15, 0.2) is 90.7 Å². The Morgan fingerprint density at radius 3 is 1.02 bits per heavy atom. The van der Waals surface area contributed by atoms with E-state index in [0.29, 0.717) is 47.5 Å². The summed E-state index contributed by atoms with van der Waals surface area (Å²) in [5.41, 5.74) is 3.62. The molecule has 18 nitrogen and oxygen atoms in total. The first-order valence-corrected chi connectivity index (χ1v) is 36.2. The fourth-order valence-corrected chi connectivity index (χ4v) is 10.5. The van der Waals surface area contributed by atoms with Crippen LogP contribution in [0.1, 0.15) is 161 Å². The van der Waals surface area contributed by atoms with Crippen molar-refractivity contribution in [3.8, 4) is 0 Å². The minimum Gasteiger partial charge on any atom is -0.443 e. The molecule has 584 valence electrons. The highest BCUT2D eigenvalue weighted by atomic mass is 79.9. The summed E-state index contributed by atoms with van der Waals surface area (Å²) >= 11 is 12.8. The van der Waals surface area contributed by atoms with Crippen LogP contribution in [0.25, 0.3) is 0 Å². The van der Waals surface area contributed by atoms with Gasteiger partial charge in [0.15, 0.2) is 0 Å². The van der Waals surface area contributed by atoms with Gasteiger partial charge in [0, 0.05) is 81.6 Å². The van der Waals surface area contributed by atoms with E-state index in [-0.39, 0.29) is 56.3 Å². The first-order valence-electron chi connectivity index (χ1n) is 33.1. The predicted molar refractivity (Wildman–Crippen MR) is 435 cm³/mol. The summed E-state index contributed by atoms with van der Waals surface area (Å²) < 4.78 is 103. The third-order valence-electron chi connectivity index (χ3n) is 15.6. The van der Waals surface area contributed by atoms with Gasteiger partial charge in [-0.05, 0) is 259 Å². The molecule has 4 aromatic carbocycles. The molecule has 3 heterocycles. The maximum Gasteiger partial charge on any atom is 0.495 e. The number of nitrogens with two attached hydrogens (primary N) is 1. The molecular formula is C73H127B3Br4F4N8O10. The van der Waals surface area contributed by atoms with E-state index >= 15 is 0 Å². The standard InChI is InChI=1S/C21H34BFN2O4.C15H22BrFN2O2.C12H24B2O4.C10H14BrFN2.C6H3Br2F.C4H12N2.C2H6.3CH4/c1-19(2,3)27-18(26)25(11-10-24(8)9)17-13-15(12-16(23)14-17)22-28-20(4,5)21(6,7)29-22;1-15(2,3)21-14(20)19(7-6-18(4)5)13-9-11(16)8-12(17)10-13;1-9(2)10(3,4)16-13(15-9)14-17-11(5,6)12(7,8)18-14;1-14(2)4-3-13-10-6-8(11)5-9(12)7-10;7-4-1-5(8)3-6(9)2-4;1-6(2)4-3-5;1-2;;;/h12-14H,10-11H2,1-9H3;8-10H,6-7H2,1-5H3;1-8H3;5-7,13H,3-4H2,1-2H3;1-3H;3-5H2,1-2H3;1-2H3;3*1H4. The van der Waals surface area contributed by atoms with E-state index in [1.54, 1.807) is 59.7 Å². The molecule has 0 spiro atoms. The van der Waals surface area contributed by atoms with Crippen molar-refractivity contribution in [3.05, 3.63) is 114 Å². The molecule has 102 heavy (non-hydrogen) atoms. The number of amides is 2. The zero-order valence-electron chi connectivity index (χ0n) is 64.2. The molecule has 0 saturated carbocycles. The van der Waals surface area contributed by atoms with Crippen molar-refractivity contribution in [2.75, 3.05) is 124 Å². The number of benzene rings is 4. The van der Waals surface area contributed by atoms with Crippen LogP contribution in [0, 0.1) is 23.3 Å². The number of carbonyl (C=O) groups excluding carboxylic acids is 2. The van der Waals surface area contributed by atoms with E-state index in [9.17, 15) is 27.2 Å². The number of carbonyl (C=O) groups is 2. The largest absolute Gasteiger partial charge is 0.495 e. The van der Waals surface area contributed by atoms with Crippen LogP contribution in [0.2, 0.25) is 0 Å².